The molecule has 0 aromatic heterocycles. The summed E-state index contributed by atoms with van der Waals surface area (Å²) in [6.07, 6.45) is 1.22. The lowest BCUT2D eigenvalue weighted by atomic mass is 9.64. The van der Waals surface area contributed by atoms with Crippen LogP contribution in [0.15, 0.2) is 30.3 Å². The van der Waals surface area contributed by atoms with Crippen LogP contribution in [0, 0.1) is 5.92 Å². The van der Waals surface area contributed by atoms with Crippen LogP contribution in [-0.2, 0) is 20.0 Å². The van der Waals surface area contributed by atoms with Crippen LogP contribution < -0.4 is 5.32 Å². The third-order valence-electron chi connectivity index (χ3n) is 6.16. The van der Waals surface area contributed by atoms with Gasteiger partial charge in [-0.05, 0) is 5.56 Å². The fourth-order valence-electron chi connectivity index (χ4n) is 5.09. The fourth-order valence-corrected chi connectivity index (χ4v) is 5.65. The molecule has 6 nitrogen and oxygen atoms in total. The largest absolute Gasteiger partial charge is 0.352 e. The van der Waals surface area contributed by atoms with Crippen LogP contribution in [0.5, 0.6) is 0 Å². The van der Waals surface area contributed by atoms with Crippen LogP contribution in [0.3, 0.4) is 0 Å². The Bertz CT molecular complexity index is 764. The number of carbonyl (C=O) groups excluding carboxylic acids is 1. The van der Waals surface area contributed by atoms with Gasteiger partial charge in [0.25, 0.3) is 0 Å². The van der Waals surface area contributed by atoms with Crippen LogP contribution in [0.4, 0.5) is 0 Å². The summed E-state index contributed by atoms with van der Waals surface area (Å²) in [5, 5.41) is 3.24. The molecule has 0 aliphatic carbocycles. The maximum atomic E-state index is 12.5. The van der Waals surface area contributed by atoms with Gasteiger partial charge in [-0.1, -0.05) is 30.3 Å². The number of carbonyl (C=O) groups is 1. The van der Waals surface area contributed by atoms with Gasteiger partial charge in [0.1, 0.15) is 9.84 Å². The Morgan fingerprint density at radius 1 is 1.15 bits per heavy atom. The highest BCUT2D eigenvalue weighted by Gasteiger charge is 2.55. The highest BCUT2D eigenvalue weighted by atomic mass is 32.2. The molecular weight excluding hydrogens is 350 g/mol. The average molecular weight is 378 g/mol. The standard InChI is InChI=1S/C19H27N3O3S/c1-26(24,25)10-7-17(23)20-18-15-11-21-8-9-22(12-15)14-19(18,13-21)16-5-3-2-4-6-16/h2-6,15,18H,7-14H2,1H3,(H,20,23). The molecule has 5 rings (SSSR count). The van der Waals surface area contributed by atoms with E-state index in [0.29, 0.717) is 5.92 Å². The van der Waals surface area contributed by atoms with Gasteiger partial charge in [-0.3, -0.25) is 4.79 Å². The van der Waals surface area contributed by atoms with E-state index in [2.05, 4.69) is 39.4 Å². The van der Waals surface area contributed by atoms with E-state index in [0.717, 1.165) is 39.3 Å². The predicted octanol–water partition coefficient (Wildman–Crippen LogP) is 0.105. The molecule has 3 unspecified atom stereocenters. The Labute approximate surface area is 155 Å². The Balaban J connectivity index is 1.63. The van der Waals surface area contributed by atoms with Crippen LogP contribution in [-0.4, -0.2) is 81.4 Å². The van der Waals surface area contributed by atoms with Gasteiger partial charge in [0.2, 0.25) is 5.91 Å². The third-order valence-corrected chi connectivity index (χ3v) is 7.11. The second-order valence-electron chi connectivity index (χ2n) is 8.18. The molecule has 1 aromatic rings. The van der Waals surface area contributed by atoms with Crippen LogP contribution in [0.25, 0.3) is 0 Å². The minimum atomic E-state index is -3.13. The lowest BCUT2D eigenvalue weighted by molar-refractivity contribution is -0.124. The second-order valence-corrected chi connectivity index (χ2v) is 10.4. The number of sulfone groups is 1. The van der Waals surface area contributed by atoms with Gasteiger partial charge in [0, 0.05) is 69.3 Å². The first-order chi connectivity index (χ1) is 12.4. The molecule has 4 aliphatic heterocycles. The summed E-state index contributed by atoms with van der Waals surface area (Å²) in [5.41, 5.74) is 1.15. The van der Waals surface area contributed by atoms with E-state index in [1.165, 1.54) is 11.8 Å². The maximum Gasteiger partial charge on any atom is 0.221 e. The topological polar surface area (TPSA) is 69.7 Å². The van der Waals surface area contributed by atoms with Crippen LogP contribution in [0.1, 0.15) is 12.0 Å². The summed E-state index contributed by atoms with van der Waals surface area (Å²) in [5.74, 6) is 0.140. The van der Waals surface area contributed by atoms with Gasteiger partial charge in [-0.2, -0.15) is 0 Å². The first kappa shape index (κ1) is 17.9. The van der Waals surface area contributed by atoms with Crippen molar-refractivity contribution >= 4 is 15.7 Å². The molecule has 1 N–H and O–H groups in total. The molecule has 4 heterocycles. The van der Waals surface area contributed by atoms with Crippen LogP contribution in [0.2, 0.25) is 0 Å². The third kappa shape index (κ3) is 3.40. The molecule has 1 aromatic carbocycles. The Morgan fingerprint density at radius 2 is 1.77 bits per heavy atom. The molecule has 3 atom stereocenters. The Kier molecular flexibility index (Phi) is 4.57. The summed E-state index contributed by atoms with van der Waals surface area (Å²) in [6.45, 7) is 6.06. The molecule has 0 saturated carbocycles. The number of nitrogens with zero attached hydrogens (tertiary/aromatic N) is 2. The van der Waals surface area contributed by atoms with Crippen LogP contribution >= 0.6 is 0 Å². The molecular formula is C19H27N3O3S. The highest BCUT2D eigenvalue weighted by Crippen LogP contribution is 2.43. The number of benzene rings is 1. The number of fused-ring (bicyclic) bond motifs is 1. The van der Waals surface area contributed by atoms with Crippen molar-refractivity contribution in [3.63, 3.8) is 0 Å². The zero-order valence-electron chi connectivity index (χ0n) is 15.2. The molecule has 142 valence electrons. The summed E-state index contributed by atoms with van der Waals surface area (Å²) in [6, 6.07) is 10.6. The fraction of sp³-hybridized carbons (Fsp3) is 0.632. The van der Waals surface area contributed by atoms with Crippen molar-refractivity contribution in [2.24, 2.45) is 5.92 Å². The van der Waals surface area contributed by atoms with Crippen molar-refractivity contribution in [3.8, 4) is 0 Å². The number of hydrogen-bond acceptors (Lipinski definition) is 5. The maximum absolute atomic E-state index is 12.5. The second kappa shape index (κ2) is 6.62. The molecule has 0 radical (unpaired) electrons. The van der Waals surface area contributed by atoms with Crippen molar-refractivity contribution in [1.29, 1.82) is 0 Å². The Morgan fingerprint density at radius 3 is 2.35 bits per heavy atom. The lowest BCUT2D eigenvalue weighted by Gasteiger charge is -2.55. The van der Waals surface area contributed by atoms with Gasteiger partial charge < -0.3 is 15.1 Å². The molecule has 7 heteroatoms. The number of amides is 1. The van der Waals surface area contributed by atoms with E-state index in [9.17, 15) is 13.2 Å². The SMILES string of the molecule is CS(=O)(=O)CCC(=O)NC1C2CN3CCN(C2)CC1(c1ccccc1)C3. The van der Waals surface area contributed by atoms with Gasteiger partial charge >= 0.3 is 0 Å². The first-order valence-electron chi connectivity index (χ1n) is 9.33. The summed E-state index contributed by atoms with van der Waals surface area (Å²) in [4.78, 5) is 17.6. The van der Waals surface area contributed by atoms with E-state index in [1.807, 2.05) is 6.07 Å². The van der Waals surface area contributed by atoms with E-state index >= 15 is 0 Å². The van der Waals surface area contributed by atoms with Gasteiger partial charge in [-0.25, -0.2) is 8.42 Å². The number of piperidine rings is 2. The molecule has 0 spiro atoms. The number of rotatable bonds is 5. The van der Waals surface area contributed by atoms with Crippen molar-refractivity contribution in [2.45, 2.75) is 17.9 Å². The van der Waals surface area contributed by atoms with Crippen molar-refractivity contribution in [1.82, 2.24) is 15.1 Å². The average Bonchev–Trinajstić information content (AvgIpc) is 2.85. The molecule has 26 heavy (non-hydrogen) atoms. The smallest absolute Gasteiger partial charge is 0.221 e. The summed E-state index contributed by atoms with van der Waals surface area (Å²) in [7, 11) is -3.13. The number of nitrogens with one attached hydrogen (secondary N) is 1. The molecule has 4 fully saturated rings. The molecule has 4 aliphatic rings. The van der Waals surface area contributed by atoms with Gasteiger partial charge in [0.05, 0.1) is 5.75 Å². The monoisotopic (exact) mass is 377 g/mol. The molecule has 4 saturated heterocycles. The minimum Gasteiger partial charge on any atom is -0.352 e. The summed E-state index contributed by atoms with van der Waals surface area (Å²) < 4.78 is 22.8. The molecule has 1 amide bonds. The number of hydrogen-bond donors (Lipinski definition) is 1. The van der Waals surface area contributed by atoms with E-state index < -0.39 is 9.84 Å². The lowest BCUT2D eigenvalue weighted by Crippen LogP contribution is -2.70. The first-order valence-corrected chi connectivity index (χ1v) is 11.4. The van der Waals surface area contributed by atoms with Gasteiger partial charge in [-0.15, -0.1) is 0 Å². The normalized spacial score (nSPS) is 35.9. The highest BCUT2D eigenvalue weighted by molar-refractivity contribution is 7.90. The van der Waals surface area contributed by atoms with Crippen molar-refractivity contribution < 1.29 is 13.2 Å². The summed E-state index contributed by atoms with van der Waals surface area (Å²) >= 11 is 0. The zero-order valence-corrected chi connectivity index (χ0v) is 16.0. The zero-order chi connectivity index (χ0) is 18.4. The van der Waals surface area contributed by atoms with Crippen molar-refractivity contribution in [2.75, 3.05) is 51.3 Å². The predicted molar refractivity (Wildman–Crippen MR) is 101 cm³/mol. The van der Waals surface area contributed by atoms with Crippen molar-refractivity contribution in [3.05, 3.63) is 35.9 Å². The quantitative estimate of drug-likeness (QED) is 0.789. The molecule has 4 bridgehead atoms. The van der Waals surface area contributed by atoms with Gasteiger partial charge in [0.15, 0.2) is 0 Å². The van der Waals surface area contributed by atoms with E-state index in [-0.39, 0.29) is 29.5 Å². The van der Waals surface area contributed by atoms with E-state index in [4.69, 9.17) is 0 Å². The Hall–Kier alpha value is -1.44. The minimum absolute atomic E-state index is 0.0420. The van der Waals surface area contributed by atoms with E-state index in [1.54, 1.807) is 0 Å².